The lowest BCUT2D eigenvalue weighted by Crippen LogP contribution is -2.66. The number of benzene rings is 2. The highest BCUT2D eigenvalue weighted by atomic mass is 127. The molecule has 2 rings (SSSR count). The first-order valence-electron chi connectivity index (χ1n) is 7.48. The van der Waals surface area contributed by atoms with Gasteiger partial charge >= 0.3 is 0 Å². The average Bonchev–Trinajstić information content (AvgIpc) is 2.60. The zero-order valence-corrected chi connectivity index (χ0v) is 17.1. The summed E-state index contributed by atoms with van der Waals surface area (Å²) in [4.78, 5) is 2.91. The van der Waals surface area contributed by atoms with Crippen LogP contribution in [0.3, 0.4) is 0 Å². The summed E-state index contributed by atoms with van der Waals surface area (Å²) < 4.78 is 53.6. The van der Waals surface area contributed by atoms with E-state index in [1.807, 2.05) is 0 Å². The van der Waals surface area contributed by atoms with Crippen LogP contribution in [0.1, 0.15) is 5.56 Å². The van der Waals surface area contributed by atoms with E-state index in [2.05, 4.69) is 4.99 Å². The van der Waals surface area contributed by atoms with Crippen LogP contribution >= 0.6 is 22.6 Å². The molecule has 27 heavy (non-hydrogen) atoms. The maximum absolute atomic E-state index is 14.1. The van der Waals surface area contributed by atoms with Crippen molar-refractivity contribution in [3.63, 3.8) is 0 Å². The Morgan fingerprint density at radius 2 is 1.89 bits per heavy atom. The van der Waals surface area contributed by atoms with Gasteiger partial charge in [0.1, 0.15) is 0 Å². The molecule has 0 saturated carbocycles. The van der Waals surface area contributed by atoms with Gasteiger partial charge in [0, 0.05) is 23.8 Å². The van der Waals surface area contributed by atoms with Crippen molar-refractivity contribution in [2.75, 3.05) is 7.11 Å². The van der Waals surface area contributed by atoms with Gasteiger partial charge in [-0.3, -0.25) is 0 Å². The summed E-state index contributed by atoms with van der Waals surface area (Å²) in [5.41, 5.74) is 6.80. The Labute approximate surface area is 169 Å². The highest BCUT2D eigenvalue weighted by molar-refractivity contribution is 14.1. The van der Waals surface area contributed by atoms with Crippen molar-refractivity contribution in [1.29, 1.82) is 0 Å². The molecule has 2 aromatic rings. The summed E-state index contributed by atoms with van der Waals surface area (Å²) in [6, 6.07) is 9.79. The fourth-order valence-electron chi connectivity index (χ4n) is 2.14. The molecule has 0 fully saturated rings. The highest BCUT2D eigenvalue weighted by Crippen LogP contribution is 2.19. The van der Waals surface area contributed by atoms with Gasteiger partial charge < -0.3 is 10.5 Å². The molecule has 144 valence electrons. The normalized spacial score (nSPS) is 14.1. The van der Waals surface area contributed by atoms with Gasteiger partial charge in [-0.15, -0.1) is 0 Å². The lowest BCUT2D eigenvalue weighted by atomic mass is 10.1. The monoisotopic (exact) mass is 508 g/mol. The minimum atomic E-state index is -3.82. The molecule has 0 spiro atoms. The molecule has 0 aromatic heterocycles. The van der Waals surface area contributed by atoms with Gasteiger partial charge in [0.2, 0.25) is 21.4 Å². The summed E-state index contributed by atoms with van der Waals surface area (Å²) in [5, 5.41) is 5.07. The summed E-state index contributed by atoms with van der Waals surface area (Å²) in [7, 11) is -2.48. The van der Waals surface area contributed by atoms with Crippen LogP contribution in [0.2, 0.25) is 0 Å². The second kappa shape index (κ2) is 8.76. The lowest BCUT2D eigenvalue weighted by Gasteiger charge is -2.05. The topological polar surface area (TPSA) is 109 Å². The third-order valence-corrected chi connectivity index (χ3v) is 5.14. The van der Waals surface area contributed by atoms with E-state index in [0.29, 0.717) is 17.0 Å². The van der Waals surface area contributed by atoms with Crippen molar-refractivity contribution in [3.05, 3.63) is 65.6 Å². The number of hydrogen-bond acceptors (Lipinski definition) is 4. The van der Waals surface area contributed by atoms with Crippen LogP contribution in [-0.2, 0) is 10.0 Å². The van der Waals surface area contributed by atoms with Crippen molar-refractivity contribution in [3.8, 4) is 5.75 Å². The minimum Gasteiger partial charge on any atom is -0.494 e. The zero-order chi connectivity index (χ0) is 20.2. The van der Waals surface area contributed by atoms with E-state index in [-0.39, 0.29) is 16.3 Å². The van der Waals surface area contributed by atoms with Crippen LogP contribution in [0.4, 0.5) is 14.5 Å². The van der Waals surface area contributed by atoms with Gasteiger partial charge in [0.05, 0.1) is 17.7 Å². The number of alkyl halides is 2. The number of methoxy groups -OCH3 is 1. The lowest BCUT2D eigenvalue weighted by molar-refractivity contribution is -0.351. The molecular weight excluding hydrogens is 491 g/mol. The third-order valence-electron chi connectivity index (χ3n) is 3.49. The molecule has 0 bridgehead atoms. The maximum atomic E-state index is 14.1. The predicted molar refractivity (Wildman–Crippen MR) is 107 cm³/mol. The van der Waals surface area contributed by atoms with Gasteiger partial charge in [-0.2, -0.15) is 0 Å². The Kier molecular flexibility index (Phi) is 6.89. The first kappa shape index (κ1) is 21.3. The van der Waals surface area contributed by atoms with E-state index in [4.69, 9.17) is 15.6 Å². The number of halogens is 3. The van der Waals surface area contributed by atoms with Crippen molar-refractivity contribution in [2.45, 2.75) is 9.07 Å². The van der Waals surface area contributed by atoms with E-state index in [0.717, 1.165) is 0 Å². The molecule has 0 saturated heterocycles. The highest BCUT2D eigenvalue weighted by Gasteiger charge is 2.16. The molecule has 0 aliphatic heterocycles. The number of hydrogen-bond donors (Lipinski definition) is 3. The average molecular weight is 508 g/mol. The summed E-state index contributed by atoms with van der Waals surface area (Å²) in [5.74, 6) is -0.540. The number of nitrogens with one attached hydrogen (secondary N) is 1. The summed E-state index contributed by atoms with van der Waals surface area (Å²) in [6.07, 6.45) is 1.34. The van der Waals surface area contributed by atoms with Crippen LogP contribution < -0.4 is 20.6 Å². The fourth-order valence-corrected chi connectivity index (χ4v) is 2.83. The van der Waals surface area contributed by atoms with Crippen LogP contribution in [-0.4, -0.2) is 25.4 Å². The number of nitrogens with two attached hydrogens (primary N) is 2. The van der Waals surface area contributed by atoms with Crippen LogP contribution in [0.25, 0.3) is 0 Å². The van der Waals surface area contributed by atoms with Gasteiger partial charge in [-0.25, -0.2) is 27.3 Å². The summed E-state index contributed by atoms with van der Waals surface area (Å²) in [6.45, 7) is 0. The second-order valence-corrected chi connectivity index (χ2v) is 8.06. The minimum absolute atomic E-state index is 0.0590. The second-order valence-electron chi connectivity index (χ2n) is 5.40. The molecule has 5 N–H and O–H groups in total. The third kappa shape index (κ3) is 5.71. The maximum Gasteiger partial charge on any atom is 0.238 e. The Bertz CT molecular complexity index is 991. The van der Waals surface area contributed by atoms with E-state index in [1.54, 1.807) is 6.07 Å². The largest absolute Gasteiger partial charge is 0.494 e. The summed E-state index contributed by atoms with van der Waals surface area (Å²) >= 11 is 1.51. The molecule has 0 aliphatic carbocycles. The molecule has 2 aromatic carbocycles. The molecule has 1 unspecified atom stereocenters. The smallest absolute Gasteiger partial charge is 0.238 e. The first-order chi connectivity index (χ1) is 12.6. The molecule has 0 aliphatic rings. The van der Waals surface area contributed by atoms with Gasteiger partial charge in [0.15, 0.2) is 15.7 Å². The predicted octanol–water partition coefficient (Wildman–Crippen LogP) is 1.26. The number of ether oxygens (including phenoxy) is 1. The molecular formula is C17H17F2IN3O3S+. The molecule has 0 radical (unpaired) electrons. The first-order valence-corrected chi connectivity index (χ1v) is 10.3. The van der Waals surface area contributed by atoms with Crippen molar-refractivity contribution >= 4 is 44.0 Å². The molecule has 0 heterocycles. The number of allylic oxidation sites excluding steroid dienone is 2. The Morgan fingerprint density at radius 1 is 1.26 bits per heavy atom. The van der Waals surface area contributed by atoms with Gasteiger partial charge in [0.25, 0.3) is 0 Å². The number of primary sulfonamides is 1. The molecule has 1 atom stereocenters. The number of sulfonamides is 1. The SMILES string of the molecule is COc1ccc(C(C=C(N)C(F)I)=[NH+]c2ccc(S(N)(=O)=O)cc2)cc1F. The zero-order valence-electron chi connectivity index (χ0n) is 14.1. The van der Waals surface area contributed by atoms with Crippen LogP contribution in [0.5, 0.6) is 5.75 Å². The standard InChI is InChI=1S/C17H16F2IN3O3S/c1-26-16-7-2-10(8-13(16)18)15(9-14(21)17(19)20)23-11-3-5-12(6-4-11)27(22,24)25/h2-9,17H,21H2,1H3,(H2,22,24,25)/p+1. The number of rotatable bonds is 6. The van der Waals surface area contributed by atoms with Crippen LogP contribution in [0.15, 0.2) is 59.1 Å². The van der Waals surface area contributed by atoms with Gasteiger partial charge in [-0.1, -0.05) is 0 Å². The quantitative estimate of drug-likeness (QED) is 0.310. The van der Waals surface area contributed by atoms with Gasteiger partial charge in [-0.05, 0) is 52.9 Å². The molecule has 6 nitrogen and oxygen atoms in total. The Balaban J connectivity index is 2.54. The van der Waals surface area contributed by atoms with Crippen molar-refractivity contribution < 1.29 is 26.9 Å². The van der Waals surface area contributed by atoms with E-state index < -0.39 is 20.0 Å². The Morgan fingerprint density at radius 3 is 2.37 bits per heavy atom. The Hall–Kier alpha value is -2.05. The van der Waals surface area contributed by atoms with E-state index >= 15 is 0 Å². The fraction of sp³-hybridized carbons (Fsp3) is 0.118. The van der Waals surface area contributed by atoms with E-state index in [9.17, 15) is 17.2 Å². The molecule has 10 heteroatoms. The van der Waals surface area contributed by atoms with Crippen LogP contribution in [0, 0.1) is 5.82 Å². The van der Waals surface area contributed by atoms with E-state index in [1.165, 1.54) is 72.2 Å². The van der Waals surface area contributed by atoms with Crippen molar-refractivity contribution in [2.24, 2.45) is 10.9 Å². The van der Waals surface area contributed by atoms with Crippen molar-refractivity contribution in [1.82, 2.24) is 0 Å². The molecule has 0 amide bonds.